The highest BCUT2D eigenvalue weighted by Gasteiger charge is 2.24. The zero-order valence-electron chi connectivity index (χ0n) is 25.2. The number of alkyl carbamates (subject to hydrolysis) is 1. The number of nitrogens with one attached hydrogen (secondary N) is 2. The lowest BCUT2D eigenvalue weighted by Crippen LogP contribution is -2.39. The number of hydrogen-bond donors (Lipinski definition) is 3. The van der Waals surface area contributed by atoms with E-state index in [9.17, 15) is 24.8 Å². The molecule has 45 heavy (non-hydrogen) atoms. The molecule has 0 spiro atoms. The summed E-state index contributed by atoms with van der Waals surface area (Å²) in [5.41, 5.74) is 2.02. The third-order valence-corrected chi connectivity index (χ3v) is 7.62. The van der Waals surface area contributed by atoms with Crippen LogP contribution in [-0.2, 0) is 27.3 Å². The quantitative estimate of drug-likeness (QED) is 0.0504. The van der Waals surface area contributed by atoms with E-state index < -0.39 is 34.9 Å². The number of aliphatic hydroxyl groups is 1. The van der Waals surface area contributed by atoms with Crippen molar-refractivity contribution in [3.8, 4) is 0 Å². The average molecular weight is 637 g/mol. The molecule has 0 aliphatic rings. The highest BCUT2D eigenvalue weighted by molar-refractivity contribution is 7.22. The lowest BCUT2D eigenvalue weighted by molar-refractivity contribution is -0.757. The number of benzene rings is 2. The minimum atomic E-state index is -1.05. The molecule has 238 valence electrons. The van der Waals surface area contributed by atoms with Gasteiger partial charge in [0.05, 0.1) is 21.9 Å². The summed E-state index contributed by atoms with van der Waals surface area (Å²) in [6, 6.07) is 18.0. The number of ether oxygens (including phenoxy) is 2. The van der Waals surface area contributed by atoms with Gasteiger partial charge in [-0.05, 0) is 80.0 Å². The Morgan fingerprint density at radius 3 is 2.58 bits per heavy atom. The van der Waals surface area contributed by atoms with Gasteiger partial charge in [-0.15, -0.1) is 21.5 Å². The number of hydrogen-bond acceptors (Lipinski definition) is 11. The van der Waals surface area contributed by atoms with Crippen LogP contribution in [0.25, 0.3) is 10.1 Å². The zero-order valence-corrected chi connectivity index (χ0v) is 26.0. The Morgan fingerprint density at radius 1 is 1.09 bits per heavy atom. The van der Waals surface area contributed by atoms with Crippen LogP contribution in [0.1, 0.15) is 60.2 Å². The van der Waals surface area contributed by atoms with Crippen LogP contribution in [0.15, 0.2) is 73.1 Å². The first-order chi connectivity index (χ1) is 21.5. The van der Waals surface area contributed by atoms with Crippen molar-refractivity contribution in [1.29, 1.82) is 0 Å². The van der Waals surface area contributed by atoms with E-state index in [0.717, 1.165) is 31.8 Å². The number of amides is 1. The largest absolute Gasteiger partial charge is 0.457 e. The molecule has 0 unspecified atom stereocenters. The van der Waals surface area contributed by atoms with E-state index in [1.165, 1.54) is 11.3 Å². The van der Waals surface area contributed by atoms with Gasteiger partial charge in [-0.25, -0.2) is 9.59 Å². The van der Waals surface area contributed by atoms with Crippen molar-refractivity contribution in [3.63, 3.8) is 0 Å². The normalized spacial score (nSPS) is 12.6. The summed E-state index contributed by atoms with van der Waals surface area (Å²) in [6.45, 7) is 5.42. The second-order valence-corrected chi connectivity index (χ2v) is 12.4. The number of aryl methyl sites for hydroxylation is 1. The molecule has 4 aromatic rings. The number of aliphatic hydroxyl groups excluding tert-OH is 1. The van der Waals surface area contributed by atoms with Gasteiger partial charge in [-0.2, -0.15) is 0 Å². The fourth-order valence-corrected chi connectivity index (χ4v) is 5.44. The van der Waals surface area contributed by atoms with Gasteiger partial charge in [0, 0.05) is 24.9 Å². The zero-order chi connectivity index (χ0) is 32.4. The predicted octanol–water partition coefficient (Wildman–Crippen LogP) is 5.83. The predicted molar refractivity (Wildman–Crippen MR) is 169 cm³/mol. The lowest BCUT2D eigenvalue weighted by atomic mass is 9.96. The molecule has 0 radical (unpaired) electrons. The van der Waals surface area contributed by atoms with E-state index in [4.69, 9.17) is 9.47 Å². The van der Waals surface area contributed by atoms with E-state index in [0.29, 0.717) is 18.4 Å². The molecule has 12 nitrogen and oxygen atoms in total. The highest BCUT2D eigenvalue weighted by atomic mass is 32.1. The Kier molecular flexibility index (Phi) is 11.3. The van der Waals surface area contributed by atoms with Gasteiger partial charge in [-0.3, -0.25) is 4.98 Å². The van der Waals surface area contributed by atoms with Gasteiger partial charge >= 0.3 is 12.1 Å². The van der Waals surface area contributed by atoms with Crippen molar-refractivity contribution < 1.29 is 34.1 Å². The number of nitrogens with zero attached hydrogens (tertiary/aromatic N) is 2. The highest BCUT2D eigenvalue weighted by Crippen LogP contribution is 2.31. The number of carbonyl (C=O) groups is 2. The molecule has 3 N–H and O–H groups in total. The van der Waals surface area contributed by atoms with Crippen LogP contribution < -0.4 is 10.6 Å². The third kappa shape index (κ3) is 10.4. The molecule has 0 bridgehead atoms. The van der Waals surface area contributed by atoms with Gasteiger partial charge in [0.1, 0.15) is 18.4 Å². The van der Waals surface area contributed by atoms with Crippen molar-refractivity contribution in [2.75, 3.05) is 18.5 Å². The van der Waals surface area contributed by atoms with Crippen LogP contribution >= 0.6 is 11.3 Å². The monoisotopic (exact) mass is 636 g/mol. The van der Waals surface area contributed by atoms with Crippen LogP contribution in [0.4, 0.5) is 9.80 Å². The summed E-state index contributed by atoms with van der Waals surface area (Å²) < 4.78 is 11.9. The second-order valence-electron chi connectivity index (χ2n) is 11.3. The molecule has 2 aromatic heterocycles. The molecule has 0 saturated carbocycles. The second kappa shape index (κ2) is 15.3. The summed E-state index contributed by atoms with van der Waals surface area (Å²) in [7, 11) is 0. The standard InChI is InChI=1S/C32H36N4O8S/c1-32(2,3)44-31(39)34-18-26(29(37)35-28-17-24-13-14-33-19-27(24)45-28)23-11-9-22(10-12-23)20-42-30(38)25-8-4-6-21(16-25)7-5-15-43-36(40)41/h4,6,8-14,16-17,19,26,29,35,37H,5,7,15,18,20H2,1-3H3,(H,34,39)/t26-,29+/m1/s1. The van der Waals surface area contributed by atoms with E-state index in [1.807, 2.05) is 30.3 Å². The van der Waals surface area contributed by atoms with Crippen molar-refractivity contribution in [3.05, 3.63) is 105 Å². The lowest BCUT2D eigenvalue weighted by Gasteiger charge is -2.26. The van der Waals surface area contributed by atoms with Crippen LogP contribution in [0, 0.1) is 10.1 Å². The third-order valence-electron chi connectivity index (χ3n) is 6.61. The summed E-state index contributed by atoms with van der Waals surface area (Å²) >= 11 is 1.46. The first-order valence-electron chi connectivity index (χ1n) is 14.3. The molecule has 0 aliphatic carbocycles. The molecular formula is C32H36N4O8S. The first kappa shape index (κ1) is 33.1. The summed E-state index contributed by atoms with van der Waals surface area (Å²) in [5, 5.41) is 28.4. The van der Waals surface area contributed by atoms with Crippen molar-refractivity contribution in [1.82, 2.24) is 10.3 Å². The van der Waals surface area contributed by atoms with Crippen molar-refractivity contribution >= 4 is 38.5 Å². The Hall–Kier alpha value is -4.75. The number of anilines is 1. The van der Waals surface area contributed by atoms with Crippen LogP contribution in [-0.4, -0.2) is 52.2 Å². The Balaban J connectivity index is 1.39. The molecule has 2 heterocycles. The molecule has 0 aliphatic heterocycles. The summed E-state index contributed by atoms with van der Waals surface area (Å²) in [6.07, 6.45) is 2.78. The number of carbonyl (C=O) groups excluding carboxylic acids is 2. The van der Waals surface area contributed by atoms with Crippen molar-refractivity contribution in [2.24, 2.45) is 0 Å². The fraction of sp³-hybridized carbons (Fsp3) is 0.344. The van der Waals surface area contributed by atoms with Crippen LogP contribution in [0.5, 0.6) is 0 Å². The van der Waals surface area contributed by atoms with Gasteiger partial charge in [0.15, 0.2) is 0 Å². The van der Waals surface area contributed by atoms with Gasteiger partial charge in [-0.1, -0.05) is 36.4 Å². The number of pyridine rings is 1. The van der Waals surface area contributed by atoms with Gasteiger partial charge in [0.25, 0.3) is 5.09 Å². The molecule has 2 atom stereocenters. The van der Waals surface area contributed by atoms with Crippen molar-refractivity contribution in [2.45, 2.75) is 58.0 Å². The van der Waals surface area contributed by atoms with E-state index in [-0.39, 0.29) is 19.8 Å². The number of aromatic nitrogens is 1. The van der Waals surface area contributed by atoms with E-state index in [1.54, 1.807) is 63.5 Å². The minimum absolute atomic E-state index is 0.0223. The molecule has 13 heteroatoms. The topological polar surface area (TPSA) is 162 Å². The van der Waals surface area contributed by atoms with Crippen LogP contribution in [0.2, 0.25) is 0 Å². The number of thiophene rings is 1. The number of fused-ring (bicyclic) bond motifs is 1. The Morgan fingerprint density at radius 2 is 1.87 bits per heavy atom. The molecule has 0 fully saturated rings. The summed E-state index contributed by atoms with van der Waals surface area (Å²) in [4.78, 5) is 43.9. The maximum Gasteiger partial charge on any atom is 0.407 e. The molecule has 0 saturated heterocycles. The van der Waals surface area contributed by atoms with Gasteiger partial charge < -0.3 is 30.1 Å². The Bertz CT molecular complexity index is 1570. The van der Waals surface area contributed by atoms with E-state index >= 15 is 0 Å². The van der Waals surface area contributed by atoms with Crippen LogP contribution in [0.3, 0.4) is 0 Å². The molecular weight excluding hydrogens is 600 g/mol. The summed E-state index contributed by atoms with van der Waals surface area (Å²) in [5.74, 6) is -1.05. The van der Waals surface area contributed by atoms with E-state index in [2.05, 4.69) is 20.5 Å². The number of rotatable bonds is 14. The maximum atomic E-state index is 12.7. The first-order valence-corrected chi connectivity index (χ1v) is 15.2. The SMILES string of the molecule is CC(C)(C)OC(=O)NC[C@H](c1ccc(COC(=O)c2cccc(CCCO[N+](=O)[O-])c2)cc1)[C@H](O)Nc1cc2ccncc2s1. The molecule has 4 rings (SSSR count). The number of esters is 1. The maximum absolute atomic E-state index is 12.7. The van der Waals surface area contributed by atoms with Gasteiger partial charge in [0.2, 0.25) is 0 Å². The smallest absolute Gasteiger partial charge is 0.407 e. The average Bonchev–Trinajstić information content (AvgIpc) is 3.40. The minimum Gasteiger partial charge on any atom is -0.457 e. The fourth-order valence-electron chi connectivity index (χ4n) is 4.48. The molecule has 1 amide bonds. The Labute approximate surface area is 264 Å². The molecule has 2 aromatic carbocycles.